The Labute approximate surface area is 144 Å². The lowest BCUT2D eigenvalue weighted by Gasteiger charge is -2.23. The maximum Gasteiger partial charge on any atom is 0.313 e. The molecule has 24 heavy (non-hydrogen) atoms. The Morgan fingerprint density at radius 2 is 1.92 bits per heavy atom. The molecule has 1 N–H and O–H groups in total. The number of nitriles is 1. The number of nitrogens with one attached hydrogen (secondary N) is 1. The molecule has 0 saturated heterocycles. The number of hydrogen-bond acceptors (Lipinski definition) is 5. The molecule has 2 aromatic rings. The van der Waals surface area contributed by atoms with Crippen molar-refractivity contribution in [1.82, 2.24) is 9.88 Å². The minimum absolute atomic E-state index is 0.240. The molecular formula is C17H18N4O2S. The smallest absolute Gasteiger partial charge is 0.313 e. The van der Waals surface area contributed by atoms with Crippen LogP contribution in [-0.2, 0) is 9.59 Å². The molecule has 0 radical (unpaired) electrons. The number of likely N-dealkylation sites (N-methyl/N-ethyl adjacent to an activating group) is 1. The average molecular weight is 342 g/mol. The zero-order valence-corrected chi connectivity index (χ0v) is 14.8. The molecule has 0 fully saturated rings. The lowest BCUT2D eigenvalue weighted by Crippen LogP contribution is -2.38. The van der Waals surface area contributed by atoms with Crippen LogP contribution >= 0.6 is 11.3 Å². The Kier molecular flexibility index (Phi) is 5.31. The molecular weight excluding hydrogens is 324 g/mol. The summed E-state index contributed by atoms with van der Waals surface area (Å²) in [4.78, 5) is 31.2. The van der Waals surface area contributed by atoms with Crippen molar-refractivity contribution in [2.75, 3.05) is 12.4 Å². The van der Waals surface area contributed by atoms with E-state index in [0.29, 0.717) is 11.3 Å². The SMILES string of the molecule is Cc1nc(C)c([C@@H](C)N(C)C(=O)C(=O)Nc2ccc(C#N)cc2)s1. The number of carbonyl (C=O) groups excluding carboxylic acids is 2. The number of benzene rings is 1. The number of carbonyl (C=O) groups is 2. The maximum absolute atomic E-state index is 12.3. The van der Waals surface area contributed by atoms with Gasteiger partial charge in [0, 0.05) is 17.6 Å². The largest absolute Gasteiger partial charge is 0.330 e. The van der Waals surface area contributed by atoms with Gasteiger partial charge in [0.2, 0.25) is 0 Å². The molecule has 0 aliphatic carbocycles. The van der Waals surface area contributed by atoms with Crippen LogP contribution in [0.4, 0.5) is 5.69 Å². The lowest BCUT2D eigenvalue weighted by atomic mass is 10.2. The summed E-state index contributed by atoms with van der Waals surface area (Å²) in [5.74, 6) is -1.34. The predicted molar refractivity (Wildman–Crippen MR) is 92.6 cm³/mol. The van der Waals surface area contributed by atoms with E-state index < -0.39 is 11.8 Å². The quantitative estimate of drug-likeness (QED) is 0.869. The number of aryl methyl sites for hydroxylation is 2. The fraction of sp³-hybridized carbons (Fsp3) is 0.294. The van der Waals surface area contributed by atoms with Crippen LogP contribution in [0.5, 0.6) is 0 Å². The normalized spacial score (nSPS) is 11.5. The summed E-state index contributed by atoms with van der Waals surface area (Å²) < 4.78 is 0. The molecule has 7 heteroatoms. The summed E-state index contributed by atoms with van der Waals surface area (Å²) in [5.41, 5.74) is 1.83. The number of anilines is 1. The van der Waals surface area contributed by atoms with Crippen molar-refractivity contribution in [3.63, 3.8) is 0 Å². The van der Waals surface area contributed by atoms with E-state index in [0.717, 1.165) is 15.6 Å². The second kappa shape index (κ2) is 7.23. The van der Waals surface area contributed by atoms with Crippen molar-refractivity contribution in [3.8, 4) is 6.07 Å². The summed E-state index contributed by atoms with van der Waals surface area (Å²) in [6, 6.07) is 8.09. The van der Waals surface area contributed by atoms with Gasteiger partial charge in [-0.15, -0.1) is 11.3 Å². The van der Waals surface area contributed by atoms with Crippen molar-refractivity contribution in [3.05, 3.63) is 45.4 Å². The van der Waals surface area contributed by atoms with Crippen LogP contribution in [0.2, 0.25) is 0 Å². The molecule has 0 saturated carbocycles. The highest BCUT2D eigenvalue weighted by atomic mass is 32.1. The van der Waals surface area contributed by atoms with Crippen molar-refractivity contribution >= 4 is 28.8 Å². The summed E-state index contributed by atoms with van der Waals surface area (Å²) in [6.07, 6.45) is 0. The number of amides is 2. The molecule has 1 heterocycles. The van der Waals surface area contributed by atoms with Crippen molar-refractivity contribution in [2.45, 2.75) is 26.8 Å². The average Bonchev–Trinajstić information content (AvgIpc) is 2.91. The van der Waals surface area contributed by atoms with Crippen LogP contribution in [-0.4, -0.2) is 28.7 Å². The summed E-state index contributed by atoms with van der Waals surface area (Å²) >= 11 is 1.52. The van der Waals surface area contributed by atoms with Gasteiger partial charge in [0.1, 0.15) is 0 Å². The van der Waals surface area contributed by atoms with Crippen LogP contribution in [0, 0.1) is 25.2 Å². The second-order valence-corrected chi connectivity index (χ2v) is 6.65. The maximum atomic E-state index is 12.3. The number of thiazole rings is 1. The molecule has 6 nitrogen and oxygen atoms in total. The molecule has 0 aliphatic heterocycles. The summed E-state index contributed by atoms with van der Waals surface area (Å²) in [7, 11) is 1.60. The monoisotopic (exact) mass is 342 g/mol. The predicted octanol–water partition coefficient (Wildman–Crippen LogP) is 2.79. The van der Waals surface area contributed by atoms with Gasteiger partial charge in [-0.25, -0.2) is 4.98 Å². The third-order valence-corrected chi connectivity index (χ3v) is 4.93. The van der Waals surface area contributed by atoms with Crippen LogP contribution in [0.15, 0.2) is 24.3 Å². The van der Waals surface area contributed by atoms with E-state index >= 15 is 0 Å². The first-order chi connectivity index (χ1) is 11.3. The highest BCUT2D eigenvalue weighted by molar-refractivity contribution is 7.11. The number of hydrogen-bond donors (Lipinski definition) is 1. The first-order valence-electron chi connectivity index (χ1n) is 7.35. The molecule has 2 rings (SSSR count). The molecule has 1 aromatic carbocycles. The van der Waals surface area contributed by atoms with Crippen molar-refractivity contribution < 1.29 is 9.59 Å². The van der Waals surface area contributed by atoms with Gasteiger partial charge in [-0.05, 0) is 45.0 Å². The van der Waals surface area contributed by atoms with Gasteiger partial charge in [0.15, 0.2) is 0 Å². The topological polar surface area (TPSA) is 86.1 Å². The van der Waals surface area contributed by atoms with Crippen LogP contribution in [0.3, 0.4) is 0 Å². The standard InChI is InChI=1S/C17H18N4O2S/c1-10-15(24-12(3)19-10)11(2)21(4)17(23)16(22)20-14-7-5-13(9-18)6-8-14/h5-8,11H,1-4H3,(H,20,22)/t11-/m1/s1. The molecule has 2 amide bonds. The Bertz CT molecular complexity index is 805. The molecule has 124 valence electrons. The van der Waals surface area contributed by atoms with Crippen molar-refractivity contribution in [2.24, 2.45) is 0 Å². The molecule has 0 aliphatic rings. The minimum Gasteiger partial charge on any atom is -0.330 e. The molecule has 0 unspecified atom stereocenters. The van der Waals surface area contributed by atoms with E-state index in [1.807, 2.05) is 26.8 Å². The second-order valence-electron chi connectivity index (χ2n) is 5.42. The Morgan fingerprint density at radius 1 is 1.29 bits per heavy atom. The Hall–Kier alpha value is -2.72. The van der Waals surface area contributed by atoms with Gasteiger partial charge >= 0.3 is 11.8 Å². The van der Waals surface area contributed by atoms with Gasteiger partial charge in [0.05, 0.1) is 28.4 Å². The van der Waals surface area contributed by atoms with E-state index in [9.17, 15) is 9.59 Å². The van der Waals surface area contributed by atoms with Gasteiger partial charge in [-0.2, -0.15) is 5.26 Å². The number of aromatic nitrogens is 1. The molecule has 1 aromatic heterocycles. The Balaban J connectivity index is 2.07. The lowest BCUT2D eigenvalue weighted by molar-refractivity contribution is -0.143. The van der Waals surface area contributed by atoms with Gasteiger partial charge in [-0.3, -0.25) is 9.59 Å². The van der Waals surface area contributed by atoms with E-state index in [2.05, 4.69) is 10.3 Å². The summed E-state index contributed by atoms with van der Waals surface area (Å²) in [6.45, 7) is 5.67. The van der Waals surface area contributed by atoms with Crippen LogP contribution in [0.1, 0.15) is 34.1 Å². The van der Waals surface area contributed by atoms with Crippen LogP contribution in [0.25, 0.3) is 0 Å². The molecule has 0 bridgehead atoms. The molecule has 0 spiro atoms. The van der Waals surface area contributed by atoms with Crippen molar-refractivity contribution in [1.29, 1.82) is 5.26 Å². The third-order valence-electron chi connectivity index (χ3n) is 3.69. The Morgan fingerprint density at radius 3 is 2.42 bits per heavy atom. The fourth-order valence-corrected chi connectivity index (χ4v) is 3.28. The summed E-state index contributed by atoms with van der Waals surface area (Å²) in [5, 5.41) is 12.2. The minimum atomic E-state index is -0.715. The highest BCUT2D eigenvalue weighted by Gasteiger charge is 2.26. The van der Waals surface area contributed by atoms with Gasteiger partial charge < -0.3 is 10.2 Å². The van der Waals surface area contributed by atoms with E-state index in [4.69, 9.17) is 5.26 Å². The fourth-order valence-electron chi connectivity index (χ4n) is 2.26. The van der Waals surface area contributed by atoms with Gasteiger partial charge in [0.25, 0.3) is 0 Å². The number of rotatable bonds is 3. The zero-order valence-electron chi connectivity index (χ0n) is 14.0. The zero-order chi connectivity index (χ0) is 17.9. The highest BCUT2D eigenvalue weighted by Crippen LogP contribution is 2.28. The molecule has 1 atom stereocenters. The van der Waals surface area contributed by atoms with E-state index in [-0.39, 0.29) is 6.04 Å². The first kappa shape index (κ1) is 17.6. The van der Waals surface area contributed by atoms with Crippen LogP contribution < -0.4 is 5.32 Å². The van der Waals surface area contributed by atoms with Gasteiger partial charge in [-0.1, -0.05) is 0 Å². The first-order valence-corrected chi connectivity index (χ1v) is 8.17. The third kappa shape index (κ3) is 3.78. The van der Waals surface area contributed by atoms with E-state index in [1.165, 1.54) is 16.2 Å². The number of nitrogens with zero attached hydrogens (tertiary/aromatic N) is 3. The van der Waals surface area contributed by atoms with E-state index in [1.54, 1.807) is 31.3 Å².